The molecule has 6 rings (SSSR count). The first-order chi connectivity index (χ1) is 23.1. The molecule has 3 aromatic heterocycles. The molecule has 246 valence electrons. The number of benzene rings is 2. The lowest BCUT2D eigenvalue weighted by atomic mass is 9.92. The van der Waals surface area contributed by atoms with Gasteiger partial charge in [0, 0.05) is 30.7 Å². The van der Waals surface area contributed by atoms with Gasteiger partial charge in [-0.05, 0) is 80.6 Å². The van der Waals surface area contributed by atoms with Crippen LogP contribution in [-0.4, -0.2) is 54.8 Å². The van der Waals surface area contributed by atoms with Crippen molar-refractivity contribution in [3.8, 4) is 17.4 Å². The number of pyridine rings is 2. The number of rotatable bonds is 10. The number of carboxylic acids is 1. The highest BCUT2D eigenvalue weighted by molar-refractivity contribution is 6.33. The van der Waals surface area contributed by atoms with Gasteiger partial charge in [0.25, 0.3) is 5.91 Å². The number of aromatic nitrogens is 4. The number of hydrogen-bond donors (Lipinski definition) is 3. The van der Waals surface area contributed by atoms with Crippen LogP contribution in [0.2, 0.25) is 5.15 Å². The molecular formula is C35H33ClN6O6. The van der Waals surface area contributed by atoms with E-state index < -0.39 is 5.97 Å². The second-order valence-electron chi connectivity index (χ2n) is 11.6. The normalized spacial score (nSPS) is 15.9. The largest absolute Gasteiger partial charge is 0.490 e. The Kier molecular flexibility index (Phi) is 9.53. The molecule has 0 bridgehead atoms. The lowest BCUT2D eigenvalue weighted by Gasteiger charge is -2.29. The Balaban J connectivity index is 0.955. The standard InChI is InChI=1S/C35H33ClN6O6/c1-20-27-18-28(32(36)40-33(27)42(2)41-20)34(44)38-22-8-10-23(11-9-22)47-24-12-14-25(15-13-24)48-31-16-7-21(19-37-31)17-30(43)39-29-6-4-3-5-26(29)35(45)46/h3-7,12-16,18-19,22-23H,8-11,17H2,1-2H3,(H,38,44)(H,39,43)(H,45,46). The van der Waals surface area contributed by atoms with Gasteiger partial charge in [-0.15, -0.1) is 0 Å². The number of carboxylic acid groups (broad SMARTS) is 1. The predicted molar refractivity (Wildman–Crippen MR) is 179 cm³/mol. The van der Waals surface area contributed by atoms with E-state index in [1.807, 2.05) is 19.1 Å². The van der Waals surface area contributed by atoms with E-state index in [-0.39, 0.29) is 46.8 Å². The number of para-hydroxylation sites is 1. The highest BCUT2D eigenvalue weighted by Gasteiger charge is 2.25. The van der Waals surface area contributed by atoms with Crippen molar-refractivity contribution in [1.82, 2.24) is 25.1 Å². The van der Waals surface area contributed by atoms with Crippen LogP contribution in [0.4, 0.5) is 5.69 Å². The average molecular weight is 669 g/mol. The summed E-state index contributed by atoms with van der Waals surface area (Å²) in [6, 6.07) is 18.7. The van der Waals surface area contributed by atoms with Crippen molar-refractivity contribution in [3.63, 3.8) is 0 Å². The van der Waals surface area contributed by atoms with Crippen LogP contribution in [0.5, 0.6) is 17.4 Å². The molecule has 1 aliphatic carbocycles. The topological polar surface area (TPSA) is 158 Å². The van der Waals surface area contributed by atoms with Gasteiger partial charge in [0.2, 0.25) is 11.8 Å². The van der Waals surface area contributed by atoms with E-state index in [4.69, 9.17) is 21.1 Å². The maximum atomic E-state index is 13.0. The Morgan fingerprint density at radius 3 is 2.42 bits per heavy atom. The first-order valence-electron chi connectivity index (χ1n) is 15.5. The van der Waals surface area contributed by atoms with Gasteiger partial charge in [0.05, 0.1) is 35.0 Å². The number of carbonyl (C=O) groups is 3. The molecule has 1 fully saturated rings. The molecule has 12 nitrogen and oxygen atoms in total. The Bertz CT molecular complexity index is 1970. The zero-order valence-electron chi connectivity index (χ0n) is 26.3. The number of ether oxygens (including phenoxy) is 2. The number of aromatic carboxylic acids is 1. The van der Waals surface area contributed by atoms with Gasteiger partial charge in [-0.25, -0.2) is 14.8 Å². The Morgan fingerprint density at radius 2 is 1.71 bits per heavy atom. The number of halogens is 1. The van der Waals surface area contributed by atoms with E-state index in [1.54, 1.807) is 66.5 Å². The Labute approximate surface area is 281 Å². The van der Waals surface area contributed by atoms with Crippen molar-refractivity contribution >= 4 is 46.1 Å². The number of hydrogen-bond acceptors (Lipinski definition) is 8. The molecule has 0 aliphatic heterocycles. The van der Waals surface area contributed by atoms with Gasteiger partial charge in [-0.3, -0.25) is 14.3 Å². The Hall–Kier alpha value is -5.49. The molecule has 3 N–H and O–H groups in total. The molecule has 0 saturated heterocycles. The molecule has 0 spiro atoms. The van der Waals surface area contributed by atoms with E-state index in [0.29, 0.717) is 34.2 Å². The fourth-order valence-electron chi connectivity index (χ4n) is 5.70. The van der Waals surface area contributed by atoms with E-state index >= 15 is 0 Å². The minimum atomic E-state index is -1.12. The van der Waals surface area contributed by atoms with Crippen molar-refractivity contribution in [1.29, 1.82) is 0 Å². The molecule has 13 heteroatoms. The molecule has 48 heavy (non-hydrogen) atoms. The third-order valence-corrected chi connectivity index (χ3v) is 8.44. The summed E-state index contributed by atoms with van der Waals surface area (Å²) in [4.78, 5) is 45.6. The van der Waals surface area contributed by atoms with E-state index in [0.717, 1.165) is 36.8 Å². The molecule has 2 amide bonds. The van der Waals surface area contributed by atoms with Crippen molar-refractivity contribution in [3.05, 3.63) is 100 Å². The van der Waals surface area contributed by atoms with Crippen LogP contribution in [0.1, 0.15) is 57.7 Å². The van der Waals surface area contributed by atoms with Gasteiger partial charge in [-0.1, -0.05) is 29.8 Å². The number of nitrogens with zero attached hydrogens (tertiary/aromatic N) is 4. The summed E-state index contributed by atoms with van der Waals surface area (Å²) in [6.07, 6.45) is 4.71. The first-order valence-corrected chi connectivity index (χ1v) is 15.8. The van der Waals surface area contributed by atoms with Crippen LogP contribution in [0.15, 0.2) is 72.9 Å². The maximum Gasteiger partial charge on any atom is 0.337 e. The number of anilines is 1. The van der Waals surface area contributed by atoms with Crippen LogP contribution in [0.3, 0.4) is 0 Å². The fourth-order valence-corrected chi connectivity index (χ4v) is 5.92. The summed E-state index contributed by atoms with van der Waals surface area (Å²) in [5.74, 6) is -0.0704. The molecule has 0 radical (unpaired) electrons. The molecule has 2 aromatic carbocycles. The zero-order chi connectivity index (χ0) is 33.8. The third kappa shape index (κ3) is 7.55. The van der Waals surface area contributed by atoms with Gasteiger partial charge < -0.3 is 25.2 Å². The van der Waals surface area contributed by atoms with E-state index in [1.165, 1.54) is 6.07 Å². The van der Waals surface area contributed by atoms with Gasteiger partial charge in [0.15, 0.2) is 5.65 Å². The average Bonchev–Trinajstić information content (AvgIpc) is 3.34. The van der Waals surface area contributed by atoms with Gasteiger partial charge in [-0.2, -0.15) is 5.10 Å². The molecular weight excluding hydrogens is 636 g/mol. The maximum absolute atomic E-state index is 13.0. The van der Waals surface area contributed by atoms with Crippen LogP contribution < -0.4 is 20.1 Å². The minimum absolute atomic E-state index is 0.0109. The molecule has 0 unspecified atom stereocenters. The second-order valence-corrected chi connectivity index (χ2v) is 12.0. The number of aryl methyl sites for hydroxylation is 2. The number of carbonyl (C=O) groups excluding carboxylic acids is 2. The summed E-state index contributed by atoms with van der Waals surface area (Å²) in [7, 11) is 1.79. The predicted octanol–water partition coefficient (Wildman–Crippen LogP) is 6.12. The quantitative estimate of drug-likeness (QED) is 0.149. The third-order valence-electron chi connectivity index (χ3n) is 8.15. The highest BCUT2D eigenvalue weighted by Crippen LogP contribution is 2.28. The summed E-state index contributed by atoms with van der Waals surface area (Å²) >= 11 is 6.35. The van der Waals surface area contributed by atoms with Crippen LogP contribution in [0, 0.1) is 6.92 Å². The van der Waals surface area contributed by atoms with E-state index in [9.17, 15) is 19.5 Å². The van der Waals surface area contributed by atoms with Gasteiger partial charge in [0.1, 0.15) is 16.7 Å². The first kappa shape index (κ1) is 32.5. The van der Waals surface area contributed by atoms with Gasteiger partial charge >= 0.3 is 5.97 Å². The lowest BCUT2D eigenvalue weighted by molar-refractivity contribution is -0.115. The van der Waals surface area contributed by atoms with Crippen LogP contribution in [-0.2, 0) is 18.3 Å². The summed E-state index contributed by atoms with van der Waals surface area (Å²) in [5.41, 5.74) is 2.68. The molecule has 3 heterocycles. The highest BCUT2D eigenvalue weighted by atomic mass is 35.5. The summed E-state index contributed by atoms with van der Waals surface area (Å²) in [5, 5.41) is 20.4. The molecule has 5 aromatic rings. The SMILES string of the molecule is Cc1nn(C)c2nc(Cl)c(C(=O)NC3CCC(Oc4ccc(Oc5ccc(CC(=O)Nc6ccccc6C(=O)O)cn5)cc4)CC3)cc12. The minimum Gasteiger partial charge on any atom is -0.490 e. The fraction of sp³-hybridized carbons (Fsp3) is 0.257. The summed E-state index contributed by atoms with van der Waals surface area (Å²) in [6.45, 7) is 1.87. The molecule has 1 saturated carbocycles. The number of fused-ring (bicyclic) bond motifs is 1. The lowest BCUT2D eigenvalue weighted by Crippen LogP contribution is -2.39. The van der Waals surface area contributed by atoms with Crippen LogP contribution in [0.25, 0.3) is 11.0 Å². The van der Waals surface area contributed by atoms with Crippen molar-refractivity contribution in [2.75, 3.05) is 5.32 Å². The van der Waals surface area contributed by atoms with Crippen LogP contribution >= 0.6 is 11.6 Å². The second kappa shape index (κ2) is 14.1. The van der Waals surface area contributed by atoms with Crippen molar-refractivity contribution in [2.45, 2.75) is 51.2 Å². The van der Waals surface area contributed by atoms with Crippen molar-refractivity contribution in [2.24, 2.45) is 7.05 Å². The zero-order valence-corrected chi connectivity index (χ0v) is 27.0. The Morgan fingerprint density at radius 1 is 0.979 bits per heavy atom. The molecule has 1 aliphatic rings. The number of nitrogens with one attached hydrogen (secondary N) is 2. The number of amides is 2. The summed E-state index contributed by atoms with van der Waals surface area (Å²) < 4.78 is 13.7. The smallest absolute Gasteiger partial charge is 0.337 e. The van der Waals surface area contributed by atoms with E-state index in [2.05, 4.69) is 25.7 Å². The van der Waals surface area contributed by atoms with Crippen molar-refractivity contribution < 1.29 is 29.0 Å². The monoisotopic (exact) mass is 668 g/mol. The molecule has 0 atom stereocenters.